The largest absolute Gasteiger partial charge is 0.313 e. The van der Waals surface area contributed by atoms with Crippen LogP contribution in [0.3, 0.4) is 0 Å². The van der Waals surface area contributed by atoms with Gasteiger partial charge in [-0.25, -0.2) is 8.42 Å². The van der Waals surface area contributed by atoms with E-state index in [1.165, 1.54) is 0 Å². The molecule has 7 nitrogen and oxygen atoms in total. The van der Waals surface area contributed by atoms with Crippen LogP contribution in [0.5, 0.6) is 0 Å². The maximum Gasteiger partial charge on any atom is 0.247 e. The Kier molecular flexibility index (Phi) is 5.64. The molecule has 1 saturated heterocycles. The number of sulfonamides is 1. The Hall–Kier alpha value is -1.48. The third kappa shape index (κ3) is 3.19. The second-order valence-electron chi connectivity index (χ2n) is 5.75. The summed E-state index contributed by atoms with van der Waals surface area (Å²) in [6.45, 7) is 5.16. The zero-order valence-corrected chi connectivity index (χ0v) is 15.6. The van der Waals surface area contributed by atoms with Crippen LogP contribution in [0.15, 0.2) is 29.4 Å². The highest BCUT2D eigenvalue weighted by Crippen LogP contribution is 2.31. The molecular formula is C15H22ClN5O2S. The SMILES string of the molecule is Cc1nn(C)c(C)c1S(=O)(=O)N1CCNCC1c1cccnc1.Cl. The molecule has 0 saturated carbocycles. The second-order valence-corrected chi connectivity index (χ2v) is 7.57. The van der Waals surface area contributed by atoms with E-state index < -0.39 is 10.0 Å². The molecule has 0 spiro atoms. The smallest absolute Gasteiger partial charge is 0.247 e. The van der Waals surface area contributed by atoms with Gasteiger partial charge in [0, 0.05) is 39.1 Å². The fraction of sp³-hybridized carbons (Fsp3) is 0.467. The lowest BCUT2D eigenvalue weighted by Crippen LogP contribution is -2.48. The third-order valence-corrected chi connectivity index (χ3v) is 6.43. The molecule has 2 aromatic rings. The van der Waals surface area contributed by atoms with Crippen LogP contribution < -0.4 is 5.32 Å². The Morgan fingerprint density at radius 2 is 2.08 bits per heavy atom. The first kappa shape index (κ1) is 18.9. The summed E-state index contributed by atoms with van der Waals surface area (Å²) < 4.78 is 29.7. The Morgan fingerprint density at radius 3 is 2.67 bits per heavy atom. The van der Waals surface area contributed by atoms with Crippen molar-refractivity contribution < 1.29 is 8.42 Å². The minimum Gasteiger partial charge on any atom is -0.313 e. The first-order chi connectivity index (χ1) is 10.9. The van der Waals surface area contributed by atoms with Crippen molar-refractivity contribution in [1.29, 1.82) is 0 Å². The molecular weight excluding hydrogens is 350 g/mol. The van der Waals surface area contributed by atoms with Crippen LogP contribution in [0.25, 0.3) is 0 Å². The lowest BCUT2D eigenvalue weighted by molar-refractivity contribution is 0.271. The van der Waals surface area contributed by atoms with E-state index in [1.54, 1.807) is 42.3 Å². The number of nitrogens with one attached hydrogen (secondary N) is 1. The summed E-state index contributed by atoms with van der Waals surface area (Å²) in [5.41, 5.74) is 2.09. The Bertz CT molecular complexity index is 807. The standard InChI is InChI=1S/C15H21N5O2S.ClH/c1-11-15(12(2)19(3)18-11)23(21,22)20-8-7-17-10-14(20)13-5-4-6-16-9-13;/h4-6,9,14,17H,7-8,10H2,1-3H3;1H. The molecule has 1 aliphatic heterocycles. The zero-order chi connectivity index (χ0) is 16.6. The van der Waals surface area contributed by atoms with Crippen molar-refractivity contribution in [1.82, 2.24) is 24.4 Å². The number of hydrogen-bond donors (Lipinski definition) is 1. The molecule has 0 radical (unpaired) electrons. The van der Waals surface area contributed by atoms with E-state index in [2.05, 4.69) is 15.4 Å². The fourth-order valence-electron chi connectivity index (χ4n) is 3.08. The van der Waals surface area contributed by atoms with Gasteiger partial charge in [-0.05, 0) is 25.5 Å². The van der Waals surface area contributed by atoms with Gasteiger partial charge in [-0.3, -0.25) is 9.67 Å². The van der Waals surface area contributed by atoms with E-state index in [9.17, 15) is 8.42 Å². The first-order valence-electron chi connectivity index (χ1n) is 7.55. The van der Waals surface area contributed by atoms with Gasteiger partial charge in [0.25, 0.3) is 0 Å². The lowest BCUT2D eigenvalue weighted by Gasteiger charge is -2.35. The van der Waals surface area contributed by atoms with Crippen LogP contribution >= 0.6 is 12.4 Å². The normalized spacial score (nSPS) is 19.0. The molecule has 9 heteroatoms. The second kappa shape index (κ2) is 7.18. The van der Waals surface area contributed by atoms with Gasteiger partial charge in [-0.2, -0.15) is 9.40 Å². The Balaban J connectivity index is 0.00000208. The highest BCUT2D eigenvalue weighted by Gasteiger charge is 2.37. The van der Waals surface area contributed by atoms with Gasteiger partial charge in [-0.15, -0.1) is 12.4 Å². The quantitative estimate of drug-likeness (QED) is 0.876. The molecule has 0 amide bonds. The van der Waals surface area contributed by atoms with Crippen LogP contribution in [0.2, 0.25) is 0 Å². The minimum atomic E-state index is -3.62. The predicted octanol–water partition coefficient (Wildman–Crippen LogP) is 1.19. The molecule has 2 aromatic heterocycles. The van der Waals surface area contributed by atoms with Gasteiger partial charge in [0.15, 0.2) is 0 Å². The van der Waals surface area contributed by atoms with Crippen molar-refractivity contribution in [3.63, 3.8) is 0 Å². The summed E-state index contributed by atoms with van der Waals surface area (Å²) in [7, 11) is -1.86. The van der Waals surface area contributed by atoms with E-state index in [-0.39, 0.29) is 18.4 Å². The van der Waals surface area contributed by atoms with E-state index >= 15 is 0 Å². The highest BCUT2D eigenvalue weighted by molar-refractivity contribution is 7.89. The maximum absolute atomic E-state index is 13.3. The number of rotatable bonds is 3. The van der Waals surface area contributed by atoms with Crippen molar-refractivity contribution in [3.05, 3.63) is 41.5 Å². The monoisotopic (exact) mass is 371 g/mol. The zero-order valence-electron chi connectivity index (χ0n) is 13.9. The number of nitrogens with zero attached hydrogens (tertiary/aromatic N) is 4. The lowest BCUT2D eigenvalue weighted by atomic mass is 10.1. The summed E-state index contributed by atoms with van der Waals surface area (Å²) in [5.74, 6) is 0. The summed E-state index contributed by atoms with van der Waals surface area (Å²) in [6, 6.07) is 3.48. The summed E-state index contributed by atoms with van der Waals surface area (Å²) in [6.07, 6.45) is 3.41. The molecule has 1 aliphatic rings. The van der Waals surface area contributed by atoms with Crippen LogP contribution in [0.4, 0.5) is 0 Å². The number of aryl methyl sites for hydroxylation is 2. The molecule has 1 atom stereocenters. The molecule has 1 N–H and O–H groups in total. The Morgan fingerprint density at radius 1 is 1.33 bits per heavy atom. The number of hydrogen-bond acceptors (Lipinski definition) is 5. The van der Waals surface area contributed by atoms with Crippen LogP contribution in [0.1, 0.15) is 23.0 Å². The molecule has 0 aromatic carbocycles. The molecule has 3 heterocycles. The molecule has 0 aliphatic carbocycles. The molecule has 1 fully saturated rings. The number of piperazine rings is 1. The van der Waals surface area contributed by atoms with Crippen LogP contribution in [-0.4, -0.2) is 47.1 Å². The van der Waals surface area contributed by atoms with E-state index in [0.29, 0.717) is 35.9 Å². The van der Waals surface area contributed by atoms with E-state index in [4.69, 9.17) is 0 Å². The van der Waals surface area contributed by atoms with Gasteiger partial charge < -0.3 is 5.32 Å². The average Bonchev–Trinajstić information content (AvgIpc) is 2.81. The van der Waals surface area contributed by atoms with Crippen molar-refractivity contribution >= 4 is 22.4 Å². The van der Waals surface area contributed by atoms with Crippen LogP contribution in [-0.2, 0) is 17.1 Å². The van der Waals surface area contributed by atoms with Crippen molar-refractivity contribution in [2.75, 3.05) is 19.6 Å². The molecule has 24 heavy (non-hydrogen) atoms. The summed E-state index contributed by atoms with van der Waals surface area (Å²) >= 11 is 0. The van der Waals surface area contributed by atoms with E-state index in [1.807, 2.05) is 12.1 Å². The summed E-state index contributed by atoms with van der Waals surface area (Å²) in [5, 5.41) is 7.52. The average molecular weight is 372 g/mol. The number of halogens is 1. The predicted molar refractivity (Wildman–Crippen MR) is 93.7 cm³/mol. The van der Waals surface area contributed by atoms with Gasteiger partial charge in [-0.1, -0.05) is 6.07 Å². The van der Waals surface area contributed by atoms with Gasteiger partial charge in [0.05, 0.1) is 17.4 Å². The third-order valence-electron chi connectivity index (χ3n) is 4.27. The molecule has 3 rings (SSSR count). The maximum atomic E-state index is 13.3. The molecule has 0 bridgehead atoms. The molecule has 132 valence electrons. The van der Waals surface area contributed by atoms with Gasteiger partial charge in [0.1, 0.15) is 4.90 Å². The van der Waals surface area contributed by atoms with Crippen LogP contribution in [0, 0.1) is 13.8 Å². The van der Waals surface area contributed by atoms with Crippen molar-refractivity contribution in [2.24, 2.45) is 7.05 Å². The molecule has 1 unspecified atom stereocenters. The highest BCUT2D eigenvalue weighted by atomic mass is 35.5. The topological polar surface area (TPSA) is 80.1 Å². The van der Waals surface area contributed by atoms with Gasteiger partial charge >= 0.3 is 0 Å². The Labute approximate surface area is 148 Å². The minimum absolute atomic E-state index is 0. The van der Waals surface area contributed by atoms with E-state index in [0.717, 1.165) is 5.56 Å². The number of pyridine rings is 1. The first-order valence-corrected chi connectivity index (χ1v) is 8.99. The summed E-state index contributed by atoms with van der Waals surface area (Å²) in [4.78, 5) is 4.44. The number of aromatic nitrogens is 3. The van der Waals surface area contributed by atoms with Gasteiger partial charge in [0.2, 0.25) is 10.0 Å². The fourth-order valence-corrected chi connectivity index (χ4v) is 5.09. The van der Waals surface area contributed by atoms with Crippen molar-refractivity contribution in [3.8, 4) is 0 Å². The van der Waals surface area contributed by atoms with Crippen molar-refractivity contribution in [2.45, 2.75) is 24.8 Å².